The molecule has 1 aliphatic rings. The Morgan fingerprint density at radius 2 is 1.91 bits per heavy atom. The third kappa shape index (κ3) is 4.23. The van der Waals surface area contributed by atoms with E-state index in [1.165, 1.54) is 4.31 Å². The molecular weight excluding hydrogens is 340 g/mol. The smallest absolute Gasteiger partial charge is 0.320 e. The molecule has 128 valence electrons. The molecule has 0 aliphatic carbocycles. The summed E-state index contributed by atoms with van der Waals surface area (Å²) in [5.74, 6) is -0.283. The maximum Gasteiger partial charge on any atom is 0.320 e. The number of nitrogens with zero attached hydrogens (tertiary/aromatic N) is 2. The predicted octanol–water partition coefficient (Wildman–Crippen LogP) is 1.52. The first kappa shape index (κ1) is 18.2. The second-order valence-corrected chi connectivity index (χ2v) is 7.66. The number of sulfonamides is 1. The first-order valence-corrected chi connectivity index (χ1v) is 9.31. The first-order chi connectivity index (χ1) is 10.9. The van der Waals surface area contributed by atoms with Crippen molar-refractivity contribution in [3.63, 3.8) is 0 Å². The van der Waals surface area contributed by atoms with E-state index < -0.39 is 10.0 Å². The second kappa shape index (κ2) is 7.61. The SMILES string of the molecule is CCOC(=O)CN1CCN(S(=O)(=O)c2cccc(Cl)c2C)CC1. The highest BCUT2D eigenvalue weighted by atomic mass is 35.5. The van der Waals surface area contributed by atoms with Crippen LogP contribution in [0.2, 0.25) is 5.02 Å². The van der Waals surface area contributed by atoms with Gasteiger partial charge < -0.3 is 4.74 Å². The maximum absolute atomic E-state index is 12.7. The third-order valence-corrected chi connectivity index (χ3v) is 6.28. The van der Waals surface area contributed by atoms with Crippen molar-refractivity contribution in [2.24, 2.45) is 0 Å². The number of rotatable bonds is 5. The molecule has 0 aromatic heterocycles. The number of esters is 1. The topological polar surface area (TPSA) is 66.9 Å². The summed E-state index contributed by atoms with van der Waals surface area (Å²) < 4.78 is 31.8. The van der Waals surface area contributed by atoms with Crippen molar-refractivity contribution in [2.75, 3.05) is 39.3 Å². The van der Waals surface area contributed by atoms with Crippen LogP contribution >= 0.6 is 11.6 Å². The van der Waals surface area contributed by atoms with Crippen molar-refractivity contribution in [1.82, 2.24) is 9.21 Å². The third-order valence-electron chi connectivity index (χ3n) is 3.83. The molecule has 1 aromatic rings. The summed E-state index contributed by atoms with van der Waals surface area (Å²) in [5, 5.41) is 0.437. The van der Waals surface area contributed by atoms with Crippen molar-refractivity contribution in [3.05, 3.63) is 28.8 Å². The summed E-state index contributed by atoms with van der Waals surface area (Å²) in [6.45, 7) is 5.68. The average Bonchev–Trinajstić information content (AvgIpc) is 2.50. The lowest BCUT2D eigenvalue weighted by atomic mass is 10.2. The Morgan fingerprint density at radius 1 is 1.26 bits per heavy atom. The van der Waals surface area contributed by atoms with E-state index in [-0.39, 0.29) is 17.4 Å². The summed E-state index contributed by atoms with van der Waals surface area (Å²) in [5.41, 5.74) is 0.558. The minimum atomic E-state index is -3.57. The van der Waals surface area contributed by atoms with Crippen molar-refractivity contribution in [2.45, 2.75) is 18.7 Å². The van der Waals surface area contributed by atoms with Gasteiger partial charge in [0, 0.05) is 31.2 Å². The second-order valence-electron chi connectivity index (χ2n) is 5.35. The molecule has 1 saturated heterocycles. The van der Waals surface area contributed by atoms with Gasteiger partial charge in [0.2, 0.25) is 10.0 Å². The Hall–Kier alpha value is -1.15. The molecule has 6 nitrogen and oxygen atoms in total. The number of carbonyl (C=O) groups is 1. The largest absolute Gasteiger partial charge is 0.465 e. The van der Waals surface area contributed by atoms with E-state index in [1.807, 2.05) is 4.90 Å². The minimum absolute atomic E-state index is 0.192. The molecule has 8 heteroatoms. The number of piperazine rings is 1. The summed E-state index contributed by atoms with van der Waals surface area (Å²) in [7, 11) is -3.57. The molecule has 1 aliphatic heterocycles. The van der Waals surface area contributed by atoms with Crippen LogP contribution in [0, 0.1) is 6.92 Å². The standard InChI is InChI=1S/C15H21ClN2O4S/c1-3-22-15(19)11-17-7-9-18(10-8-17)23(20,21)14-6-4-5-13(16)12(14)2/h4-6H,3,7-11H2,1-2H3. The Balaban J connectivity index is 2.04. The van der Waals surface area contributed by atoms with Crippen LogP contribution in [0.4, 0.5) is 0 Å². The number of ether oxygens (including phenoxy) is 1. The molecule has 0 bridgehead atoms. The van der Waals surface area contributed by atoms with Crippen molar-refractivity contribution in [1.29, 1.82) is 0 Å². The van der Waals surface area contributed by atoms with Crippen LogP contribution in [0.3, 0.4) is 0 Å². The molecule has 0 unspecified atom stereocenters. The van der Waals surface area contributed by atoms with Gasteiger partial charge in [-0.05, 0) is 31.5 Å². The molecule has 0 amide bonds. The van der Waals surface area contributed by atoms with Crippen LogP contribution in [0.25, 0.3) is 0 Å². The molecule has 1 aromatic carbocycles. The Labute approximate surface area is 142 Å². The maximum atomic E-state index is 12.7. The number of hydrogen-bond acceptors (Lipinski definition) is 5. The fourth-order valence-electron chi connectivity index (χ4n) is 2.52. The highest BCUT2D eigenvalue weighted by molar-refractivity contribution is 7.89. The van der Waals surface area contributed by atoms with Crippen LogP contribution < -0.4 is 0 Å². The molecule has 1 fully saturated rings. The van der Waals surface area contributed by atoms with E-state index in [2.05, 4.69) is 0 Å². The van der Waals surface area contributed by atoms with E-state index in [9.17, 15) is 13.2 Å². The summed E-state index contributed by atoms with van der Waals surface area (Å²) in [4.78, 5) is 13.6. The zero-order chi connectivity index (χ0) is 17.0. The van der Waals surface area contributed by atoms with Gasteiger partial charge in [0.15, 0.2) is 0 Å². The lowest BCUT2D eigenvalue weighted by Gasteiger charge is -2.33. The zero-order valence-electron chi connectivity index (χ0n) is 13.3. The minimum Gasteiger partial charge on any atom is -0.465 e. The van der Waals surface area contributed by atoms with E-state index in [0.717, 1.165) is 0 Å². The molecule has 2 rings (SSSR count). The molecular formula is C15H21ClN2O4S. The zero-order valence-corrected chi connectivity index (χ0v) is 14.9. The number of carbonyl (C=O) groups excluding carboxylic acids is 1. The van der Waals surface area contributed by atoms with Gasteiger partial charge in [-0.15, -0.1) is 0 Å². The number of benzene rings is 1. The molecule has 1 heterocycles. The Bertz CT molecular complexity index is 670. The molecule has 23 heavy (non-hydrogen) atoms. The van der Waals surface area contributed by atoms with Gasteiger partial charge in [-0.2, -0.15) is 4.31 Å². The summed E-state index contributed by atoms with van der Waals surface area (Å²) in [6, 6.07) is 4.88. The van der Waals surface area contributed by atoms with Crippen LogP contribution in [0.15, 0.2) is 23.1 Å². The average molecular weight is 361 g/mol. The molecule has 0 N–H and O–H groups in total. The lowest BCUT2D eigenvalue weighted by Crippen LogP contribution is -2.50. The molecule has 0 spiro atoms. The van der Waals surface area contributed by atoms with Crippen LogP contribution in [-0.2, 0) is 19.6 Å². The van der Waals surface area contributed by atoms with E-state index in [4.69, 9.17) is 16.3 Å². The predicted molar refractivity (Wildman–Crippen MR) is 88.0 cm³/mol. The summed E-state index contributed by atoms with van der Waals surface area (Å²) in [6.07, 6.45) is 0. The lowest BCUT2D eigenvalue weighted by molar-refractivity contribution is -0.144. The fraction of sp³-hybridized carbons (Fsp3) is 0.533. The van der Waals surface area contributed by atoms with E-state index >= 15 is 0 Å². The quantitative estimate of drug-likeness (QED) is 0.745. The monoisotopic (exact) mass is 360 g/mol. The van der Waals surface area contributed by atoms with Gasteiger partial charge >= 0.3 is 5.97 Å². The van der Waals surface area contributed by atoms with Gasteiger partial charge in [-0.25, -0.2) is 8.42 Å². The van der Waals surface area contributed by atoms with Gasteiger partial charge in [0.05, 0.1) is 18.0 Å². The molecule has 0 radical (unpaired) electrons. The van der Waals surface area contributed by atoms with Gasteiger partial charge in [0.1, 0.15) is 0 Å². The normalized spacial score (nSPS) is 17.2. The Kier molecular flexibility index (Phi) is 6.02. The van der Waals surface area contributed by atoms with Crippen molar-refractivity contribution >= 4 is 27.6 Å². The van der Waals surface area contributed by atoms with Crippen molar-refractivity contribution in [3.8, 4) is 0 Å². The van der Waals surface area contributed by atoms with Crippen LogP contribution in [0.5, 0.6) is 0 Å². The first-order valence-electron chi connectivity index (χ1n) is 7.49. The number of halogens is 1. The van der Waals surface area contributed by atoms with Gasteiger partial charge in [-0.1, -0.05) is 17.7 Å². The van der Waals surface area contributed by atoms with Gasteiger partial charge in [-0.3, -0.25) is 9.69 Å². The molecule has 0 saturated carbocycles. The highest BCUT2D eigenvalue weighted by Crippen LogP contribution is 2.26. The fourth-order valence-corrected chi connectivity index (χ4v) is 4.42. The number of hydrogen-bond donors (Lipinski definition) is 0. The highest BCUT2D eigenvalue weighted by Gasteiger charge is 2.30. The van der Waals surface area contributed by atoms with Crippen molar-refractivity contribution < 1.29 is 17.9 Å². The van der Waals surface area contributed by atoms with Crippen LogP contribution in [-0.4, -0.2) is 62.9 Å². The molecule has 0 atom stereocenters. The van der Waals surface area contributed by atoms with Gasteiger partial charge in [0.25, 0.3) is 0 Å². The Morgan fingerprint density at radius 3 is 2.52 bits per heavy atom. The van der Waals surface area contributed by atoms with Crippen LogP contribution in [0.1, 0.15) is 12.5 Å². The summed E-state index contributed by atoms with van der Waals surface area (Å²) >= 11 is 6.03. The van der Waals surface area contributed by atoms with E-state index in [1.54, 1.807) is 32.0 Å². The van der Waals surface area contributed by atoms with E-state index in [0.29, 0.717) is 43.4 Å².